The summed E-state index contributed by atoms with van der Waals surface area (Å²) in [5.74, 6) is 0. The molecule has 0 saturated heterocycles. The number of nitrogens with one attached hydrogen (secondary N) is 1. The molecule has 1 atom stereocenters. The summed E-state index contributed by atoms with van der Waals surface area (Å²) in [6.07, 6.45) is 2.02. The van der Waals surface area contributed by atoms with Crippen LogP contribution in [0.2, 0.25) is 10.0 Å². The highest BCUT2D eigenvalue weighted by atomic mass is 35.5. The molecule has 102 valence electrons. The average Bonchev–Trinajstić information content (AvgIpc) is 2.68. The molecule has 0 aliphatic carbocycles. The van der Waals surface area contributed by atoms with Crippen LogP contribution in [-0.2, 0) is 13.6 Å². The molecule has 1 aromatic heterocycles. The summed E-state index contributed by atoms with van der Waals surface area (Å²) in [7, 11) is 1.92. The van der Waals surface area contributed by atoms with Gasteiger partial charge in [-0.15, -0.1) is 0 Å². The van der Waals surface area contributed by atoms with Crippen LogP contribution in [0.25, 0.3) is 0 Å². The fourth-order valence-electron chi connectivity index (χ4n) is 2.05. The van der Waals surface area contributed by atoms with E-state index in [2.05, 4.69) is 17.3 Å². The first-order valence-corrected chi connectivity index (χ1v) is 6.91. The molecule has 5 heteroatoms. The van der Waals surface area contributed by atoms with E-state index in [-0.39, 0.29) is 6.04 Å². The van der Waals surface area contributed by atoms with E-state index in [4.69, 9.17) is 23.2 Å². The van der Waals surface area contributed by atoms with E-state index in [0.717, 1.165) is 17.8 Å². The zero-order valence-corrected chi connectivity index (χ0v) is 12.8. The van der Waals surface area contributed by atoms with Crippen LogP contribution in [0.5, 0.6) is 0 Å². The van der Waals surface area contributed by atoms with Crippen molar-refractivity contribution in [3.63, 3.8) is 0 Å². The van der Waals surface area contributed by atoms with Gasteiger partial charge in [-0.05, 0) is 25.5 Å². The van der Waals surface area contributed by atoms with E-state index >= 15 is 0 Å². The van der Waals surface area contributed by atoms with Crippen LogP contribution < -0.4 is 5.32 Å². The first kappa shape index (κ1) is 14.4. The fraction of sp³-hybridized carbons (Fsp3) is 0.357. The molecule has 1 aromatic carbocycles. The van der Waals surface area contributed by atoms with Gasteiger partial charge >= 0.3 is 0 Å². The highest BCUT2D eigenvalue weighted by Gasteiger charge is 2.12. The summed E-state index contributed by atoms with van der Waals surface area (Å²) in [5, 5.41) is 8.97. The monoisotopic (exact) mass is 297 g/mol. The average molecular weight is 298 g/mol. The van der Waals surface area contributed by atoms with Crippen molar-refractivity contribution in [2.45, 2.75) is 26.4 Å². The van der Waals surface area contributed by atoms with Crippen LogP contribution in [-0.4, -0.2) is 9.78 Å². The standard InChI is InChI=1S/C14H17Cl2N3/c1-9-11(8-19(3)18-9)7-17-10(2)12-5-4-6-13(15)14(12)16/h4-6,8,10,17H,7H2,1-3H3. The van der Waals surface area contributed by atoms with E-state index in [9.17, 15) is 0 Å². The van der Waals surface area contributed by atoms with Crippen molar-refractivity contribution in [1.29, 1.82) is 0 Å². The Kier molecular flexibility index (Phi) is 4.50. The van der Waals surface area contributed by atoms with Crippen molar-refractivity contribution < 1.29 is 0 Å². The molecular formula is C14H17Cl2N3. The second kappa shape index (κ2) is 5.95. The third-order valence-electron chi connectivity index (χ3n) is 3.16. The third-order valence-corrected chi connectivity index (χ3v) is 4.00. The maximum Gasteiger partial charge on any atom is 0.0639 e. The lowest BCUT2D eigenvalue weighted by Crippen LogP contribution is -2.18. The predicted octanol–water partition coefficient (Wildman–Crippen LogP) is 3.89. The van der Waals surface area contributed by atoms with Crippen LogP contribution in [0, 0.1) is 6.92 Å². The van der Waals surface area contributed by atoms with E-state index in [0.29, 0.717) is 10.0 Å². The molecule has 0 spiro atoms. The molecule has 19 heavy (non-hydrogen) atoms. The molecule has 0 aliphatic heterocycles. The van der Waals surface area contributed by atoms with E-state index < -0.39 is 0 Å². The van der Waals surface area contributed by atoms with Gasteiger partial charge in [0.05, 0.1) is 15.7 Å². The van der Waals surface area contributed by atoms with Gasteiger partial charge in [0.15, 0.2) is 0 Å². The SMILES string of the molecule is Cc1nn(C)cc1CNC(C)c1cccc(Cl)c1Cl. The number of aromatic nitrogens is 2. The van der Waals surface area contributed by atoms with Crippen LogP contribution in [0.4, 0.5) is 0 Å². The second-order valence-electron chi connectivity index (χ2n) is 4.66. The summed E-state index contributed by atoms with van der Waals surface area (Å²) in [6, 6.07) is 5.83. The summed E-state index contributed by atoms with van der Waals surface area (Å²) in [6.45, 7) is 4.83. The number of hydrogen-bond donors (Lipinski definition) is 1. The Hall–Kier alpha value is -1.03. The lowest BCUT2D eigenvalue weighted by Gasteiger charge is -2.16. The molecule has 1 unspecified atom stereocenters. The molecule has 0 fully saturated rings. The Morgan fingerprint density at radius 1 is 1.37 bits per heavy atom. The van der Waals surface area contributed by atoms with E-state index in [1.54, 1.807) is 6.07 Å². The molecular weight excluding hydrogens is 281 g/mol. The van der Waals surface area contributed by atoms with Gasteiger partial charge in [0.2, 0.25) is 0 Å². The van der Waals surface area contributed by atoms with Crippen LogP contribution in [0.3, 0.4) is 0 Å². The second-order valence-corrected chi connectivity index (χ2v) is 5.44. The lowest BCUT2D eigenvalue weighted by atomic mass is 10.1. The number of nitrogens with zero attached hydrogens (tertiary/aromatic N) is 2. The number of benzene rings is 1. The minimum absolute atomic E-state index is 0.130. The molecule has 2 aromatic rings. The van der Waals surface area contributed by atoms with Gasteiger partial charge in [-0.25, -0.2) is 0 Å². The van der Waals surface area contributed by atoms with Crippen molar-refractivity contribution in [3.8, 4) is 0 Å². The van der Waals surface area contributed by atoms with Gasteiger partial charge in [-0.2, -0.15) is 5.10 Å². The largest absolute Gasteiger partial charge is 0.306 e. The molecule has 1 N–H and O–H groups in total. The quantitative estimate of drug-likeness (QED) is 0.928. The molecule has 0 amide bonds. The maximum absolute atomic E-state index is 6.22. The molecule has 1 heterocycles. The molecule has 0 saturated carbocycles. The van der Waals surface area contributed by atoms with Crippen molar-refractivity contribution in [2.75, 3.05) is 0 Å². The van der Waals surface area contributed by atoms with Gasteiger partial charge in [0.25, 0.3) is 0 Å². The van der Waals surface area contributed by atoms with Crippen LogP contribution >= 0.6 is 23.2 Å². The van der Waals surface area contributed by atoms with Crippen molar-refractivity contribution in [2.24, 2.45) is 7.05 Å². The summed E-state index contributed by atoms with van der Waals surface area (Å²) < 4.78 is 1.82. The Morgan fingerprint density at radius 2 is 2.11 bits per heavy atom. The smallest absolute Gasteiger partial charge is 0.0639 e. The summed E-state index contributed by atoms with van der Waals surface area (Å²) >= 11 is 12.2. The third kappa shape index (κ3) is 3.30. The fourth-order valence-corrected chi connectivity index (χ4v) is 2.52. The van der Waals surface area contributed by atoms with Crippen LogP contribution in [0.15, 0.2) is 24.4 Å². The highest BCUT2D eigenvalue weighted by Crippen LogP contribution is 2.29. The Balaban J connectivity index is 2.07. The number of aryl methyl sites for hydroxylation is 2. The van der Waals surface area contributed by atoms with Gasteiger partial charge in [-0.1, -0.05) is 35.3 Å². The molecule has 3 nitrogen and oxygen atoms in total. The first-order valence-electron chi connectivity index (χ1n) is 6.15. The summed E-state index contributed by atoms with van der Waals surface area (Å²) in [4.78, 5) is 0. The zero-order valence-electron chi connectivity index (χ0n) is 11.2. The van der Waals surface area contributed by atoms with Crippen molar-refractivity contribution in [1.82, 2.24) is 15.1 Å². The molecule has 2 rings (SSSR count). The van der Waals surface area contributed by atoms with Gasteiger partial charge < -0.3 is 5.32 Å². The Labute approximate surface area is 123 Å². The van der Waals surface area contributed by atoms with Crippen molar-refractivity contribution >= 4 is 23.2 Å². The minimum atomic E-state index is 0.130. The minimum Gasteiger partial charge on any atom is -0.306 e. The van der Waals surface area contributed by atoms with Crippen LogP contribution in [0.1, 0.15) is 29.8 Å². The first-order chi connectivity index (χ1) is 8.99. The predicted molar refractivity (Wildman–Crippen MR) is 79.7 cm³/mol. The zero-order chi connectivity index (χ0) is 14.0. The van der Waals surface area contributed by atoms with E-state index in [1.807, 2.05) is 37.0 Å². The highest BCUT2D eigenvalue weighted by molar-refractivity contribution is 6.42. The Morgan fingerprint density at radius 3 is 2.74 bits per heavy atom. The van der Waals surface area contributed by atoms with Gasteiger partial charge in [0, 0.05) is 31.4 Å². The van der Waals surface area contributed by atoms with Gasteiger partial charge in [0.1, 0.15) is 0 Å². The topological polar surface area (TPSA) is 29.9 Å². The number of rotatable bonds is 4. The molecule has 0 aliphatic rings. The van der Waals surface area contributed by atoms with Gasteiger partial charge in [-0.3, -0.25) is 4.68 Å². The molecule has 0 bridgehead atoms. The molecule has 0 radical (unpaired) electrons. The number of halogens is 2. The Bertz CT molecular complexity index is 578. The normalized spacial score (nSPS) is 12.7. The lowest BCUT2D eigenvalue weighted by molar-refractivity contribution is 0.573. The maximum atomic E-state index is 6.22. The summed E-state index contributed by atoms with van der Waals surface area (Å²) in [5.41, 5.74) is 3.24. The number of hydrogen-bond acceptors (Lipinski definition) is 2. The van der Waals surface area contributed by atoms with E-state index in [1.165, 1.54) is 5.56 Å². The van der Waals surface area contributed by atoms with Crippen molar-refractivity contribution in [3.05, 3.63) is 51.3 Å².